The molecule has 0 spiro atoms. The molecule has 0 aliphatic heterocycles. The number of carbonyl (C=O) groups excluding carboxylic acids is 1. The maximum Gasteiger partial charge on any atom is 0.447 e. The van der Waals surface area contributed by atoms with Gasteiger partial charge in [0.1, 0.15) is 0 Å². The summed E-state index contributed by atoms with van der Waals surface area (Å²) in [6.45, 7) is 0. The van der Waals surface area contributed by atoms with Crippen molar-refractivity contribution in [3.8, 4) is 0 Å². The normalized spacial score (nSPS) is 12.9. The first-order valence-electron chi connectivity index (χ1n) is 3.93. The molecule has 15 heavy (non-hydrogen) atoms. The average molecular weight is 271 g/mol. The molecule has 8 heteroatoms. The van der Waals surface area contributed by atoms with Gasteiger partial charge < -0.3 is 0 Å². The predicted octanol–water partition coefficient (Wildman–Crippen LogP) is 3.81. The molecule has 0 N–H and O–H groups in total. The van der Waals surface area contributed by atoms with Crippen LogP contribution in [0.3, 0.4) is 0 Å². The van der Waals surface area contributed by atoms with E-state index in [1.165, 1.54) is 0 Å². The highest BCUT2D eigenvalue weighted by molar-refractivity contribution is 8.01. The summed E-state index contributed by atoms with van der Waals surface area (Å²) in [4.78, 5) is 10.7. The van der Waals surface area contributed by atoms with Gasteiger partial charge >= 0.3 is 10.8 Å². The molecule has 0 unspecified atom stereocenters. The fraction of sp³-hybridized carbons (Fsp3) is 0.857. The second kappa shape index (κ2) is 5.89. The van der Waals surface area contributed by atoms with E-state index in [4.69, 9.17) is 11.6 Å². The number of alkyl halides is 6. The van der Waals surface area contributed by atoms with Crippen molar-refractivity contribution < 1.29 is 26.7 Å². The van der Waals surface area contributed by atoms with E-state index >= 15 is 0 Å². The molecule has 0 rings (SSSR count). The Morgan fingerprint density at radius 2 is 1.67 bits per heavy atom. The topological polar surface area (TPSA) is 17.1 Å². The van der Waals surface area contributed by atoms with Crippen molar-refractivity contribution in [3.63, 3.8) is 0 Å². The van der Waals surface area contributed by atoms with Crippen molar-refractivity contribution in [1.29, 1.82) is 0 Å². The van der Waals surface area contributed by atoms with E-state index in [1.807, 2.05) is 0 Å². The van der Waals surface area contributed by atoms with Crippen LogP contribution in [0.5, 0.6) is 0 Å². The summed E-state index contributed by atoms with van der Waals surface area (Å²) in [6, 6.07) is 0. The fourth-order valence-electron chi connectivity index (χ4n) is 0.728. The van der Waals surface area contributed by atoms with E-state index in [0.29, 0.717) is 6.42 Å². The molecular formula is C7H8ClF5OS. The van der Waals surface area contributed by atoms with E-state index in [9.17, 15) is 26.7 Å². The molecule has 0 atom stereocenters. The van der Waals surface area contributed by atoms with Crippen LogP contribution >= 0.6 is 23.4 Å². The second-order valence-electron chi connectivity index (χ2n) is 2.63. The minimum absolute atomic E-state index is 0.0658. The molecule has 90 valence electrons. The number of hydrogen-bond donors (Lipinski definition) is 0. The molecule has 0 saturated carbocycles. The van der Waals surface area contributed by atoms with E-state index in [2.05, 4.69) is 0 Å². The van der Waals surface area contributed by atoms with Crippen molar-refractivity contribution in [2.24, 2.45) is 0 Å². The van der Waals surface area contributed by atoms with Crippen molar-refractivity contribution in [2.45, 2.75) is 30.0 Å². The maximum absolute atomic E-state index is 12.6. The summed E-state index contributed by atoms with van der Waals surface area (Å²) in [5.74, 6) is -1.53. The van der Waals surface area contributed by atoms with Crippen molar-refractivity contribution in [3.05, 3.63) is 0 Å². The number of halogens is 6. The molecule has 0 aromatic rings. The number of Topliss-reactive ketones (excluding diaryl/α,β-unsaturated/α-hetero) is 1. The average Bonchev–Trinajstić information content (AvgIpc) is 2.00. The van der Waals surface area contributed by atoms with Gasteiger partial charge in [0, 0.05) is 24.1 Å². The molecule has 1 nitrogen and oxygen atoms in total. The lowest BCUT2D eigenvalue weighted by Gasteiger charge is -2.15. The van der Waals surface area contributed by atoms with Crippen LogP contribution in [0.25, 0.3) is 0 Å². The Balaban J connectivity index is 4.14. The third-order valence-corrected chi connectivity index (χ3v) is 2.34. The van der Waals surface area contributed by atoms with Crippen LogP contribution in [0.4, 0.5) is 22.0 Å². The molecule has 0 aromatic carbocycles. The number of unbranched alkanes of at least 4 members (excludes halogenated alkanes) is 1. The quantitative estimate of drug-likeness (QED) is 0.415. The van der Waals surface area contributed by atoms with Gasteiger partial charge in [0.2, 0.25) is 5.78 Å². The van der Waals surface area contributed by atoms with Crippen LogP contribution in [0.1, 0.15) is 19.3 Å². The van der Waals surface area contributed by atoms with Crippen molar-refractivity contribution in [2.75, 3.05) is 5.88 Å². The summed E-state index contributed by atoms with van der Waals surface area (Å²) < 4.78 is 60.0. The van der Waals surface area contributed by atoms with Gasteiger partial charge in [-0.05, 0) is 12.8 Å². The molecule has 0 radical (unpaired) electrons. The summed E-state index contributed by atoms with van der Waals surface area (Å²) in [5.41, 5.74) is -5.12. The van der Waals surface area contributed by atoms with E-state index in [-0.39, 0.29) is 12.3 Å². The van der Waals surface area contributed by atoms with E-state index < -0.39 is 34.7 Å². The Kier molecular flexibility index (Phi) is 5.87. The summed E-state index contributed by atoms with van der Waals surface area (Å²) in [7, 11) is 0. The lowest BCUT2D eigenvalue weighted by molar-refractivity contribution is -0.133. The van der Waals surface area contributed by atoms with Crippen LogP contribution in [-0.2, 0) is 4.79 Å². The minimum atomic E-state index is -5.12. The molecule has 0 heterocycles. The molecule has 0 aliphatic rings. The van der Waals surface area contributed by atoms with Gasteiger partial charge in [-0.25, -0.2) is 0 Å². The first kappa shape index (κ1) is 15.0. The third kappa shape index (κ3) is 6.94. The number of carbonyl (C=O) groups is 1. The standard InChI is InChI=1S/C7H8ClF5OS/c8-4-2-1-3-5(14)6(9,10)15-7(11,12)13/h1-4H2. The van der Waals surface area contributed by atoms with Gasteiger partial charge in [0.25, 0.3) is 0 Å². The Hall–Kier alpha value is -0.0400. The van der Waals surface area contributed by atoms with Crippen molar-refractivity contribution >= 4 is 29.1 Å². The lowest BCUT2D eigenvalue weighted by Crippen LogP contribution is -2.28. The lowest BCUT2D eigenvalue weighted by atomic mass is 10.2. The molecule has 0 saturated heterocycles. The van der Waals surface area contributed by atoms with Crippen molar-refractivity contribution in [1.82, 2.24) is 0 Å². The molecular weight excluding hydrogens is 263 g/mol. The zero-order valence-corrected chi connectivity index (χ0v) is 8.99. The number of hydrogen-bond acceptors (Lipinski definition) is 2. The Morgan fingerprint density at radius 1 is 1.13 bits per heavy atom. The van der Waals surface area contributed by atoms with E-state index in [0.717, 1.165) is 0 Å². The predicted molar refractivity (Wildman–Crippen MR) is 48.2 cm³/mol. The largest absolute Gasteiger partial charge is 0.447 e. The Bertz CT molecular complexity index is 218. The van der Waals surface area contributed by atoms with Gasteiger partial charge in [-0.15, -0.1) is 11.6 Å². The molecule has 0 aliphatic carbocycles. The zero-order chi connectivity index (χ0) is 12.1. The number of thioether (sulfide) groups is 1. The molecule has 0 aromatic heterocycles. The van der Waals surface area contributed by atoms with Gasteiger partial charge in [0.05, 0.1) is 0 Å². The number of rotatable bonds is 6. The van der Waals surface area contributed by atoms with Gasteiger partial charge in [-0.3, -0.25) is 4.79 Å². The summed E-state index contributed by atoms with van der Waals surface area (Å²) >= 11 is 3.63. The fourth-order valence-corrected chi connectivity index (χ4v) is 1.42. The second-order valence-corrected chi connectivity index (χ2v) is 4.19. The zero-order valence-electron chi connectivity index (χ0n) is 7.41. The van der Waals surface area contributed by atoms with Crippen LogP contribution in [0.15, 0.2) is 0 Å². The monoisotopic (exact) mass is 270 g/mol. The highest BCUT2D eigenvalue weighted by atomic mass is 35.5. The van der Waals surface area contributed by atoms with E-state index in [1.54, 1.807) is 0 Å². The van der Waals surface area contributed by atoms with Crippen LogP contribution in [0.2, 0.25) is 0 Å². The van der Waals surface area contributed by atoms with Crippen LogP contribution < -0.4 is 0 Å². The minimum Gasteiger partial charge on any atom is -0.292 e. The first-order chi connectivity index (χ1) is 6.69. The summed E-state index contributed by atoms with van der Waals surface area (Å²) in [5, 5.41) is -4.40. The third-order valence-electron chi connectivity index (χ3n) is 1.36. The Morgan fingerprint density at radius 3 is 2.07 bits per heavy atom. The smallest absolute Gasteiger partial charge is 0.292 e. The first-order valence-corrected chi connectivity index (χ1v) is 5.28. The highest BCUT2D eigenvalue weighted by Crippen LogP contribution is 2.43. The maximum atomic E-state index is 12.6. The Labute approximate surface area is 92.3 Å². The van der Waals surface area contributed by atoms with Gasteiger partial charge in [-0.1, -0.05) is 0 Å². The van der Waals surface area contributed by atoms with Crippen LogP contribution in [0, 0.1) is 0 Å². The van der Waals surface area contributed by atoms with Gasteiger partial charge in [-0.2, -0.15) is 22.0 Å². The summed E-state index contributed by atoms with van der Waals surface area (Å²) in [6.07, 6.45) is -0.209. The highest BCUT2D eigenvalue weighted by Gasteiger charge is 2.49. The molecule has 0 fully saturated rings. The molecule has 0 amide bonds. The SMILES string of the molecule is O=C(CCCCCl)C(F)(F)SC(F)(F)F. The van der Waals surface area contributed by atoms with Crippen LogP contribution in [-0.4, -0.2) is 22.4 Å². The van der Waals surface area contributed by atoms with Gasteiger partial charge in [0.15, 0.2) is 0 Å². The number of ketones is 1. The molecule has 0 bridgehead atoms.